The SMILES string of the molecule is C=C[C@@H]1OC(=O)N[C@@H]1c1ccccc1. The molecule has 1 aromatic rings. The van der Waals surface area contributed by atoms with Crippen molar-refractivity contribution < 1.29 is 9.53 Å². The van der Waals surface area contributed by atoms with Crippen LogP contribution in [-0.4, -0.2) is 12.2 Å². The Kier molecular flexibility index (Phi) is 2.23. The first-order valence-corrected chi connectivity index (χ1v) is 4.46. The fraction of sp³-hybridized carbons (Fsp3) is 0.182. The summed E-state index contributed by atoms with van der Waals surface area (Å²) in [7, 11) is 0. The highest BCUT2D eigenvalue weighted by Gasteiger charge is 2.32. The molecule has 1 aliphatic heterocycles. The van der Waals surface area contributed by atoms with E-state index in [1.165, 1.54) is 0 Å². The number of cyclic esters (lactones) is 1. The number of carbonyl (C=O) groups is 1. The molecule has 0 aliphatic carbocycles. The third kappa shape index (κ3) is 1.48. The summed E-state index contributed by atoms with van der Waals surface area (Å²) in [5.41, 5.74) is 1.03. The Labute approximate surface area is 82.4 Å². The zero-order valence-corrected chi connectivity index (χ0v) is 7.64. The molecule has 0 saturated carbocycles. The summed E-state index contributed by atoms with van der Waals surface area (Å²) in [6, 6.07) is 9.59. The van der Waals surface area contributed by atoms with Crippen LogP contribution in [0.25, 0.3) is 0 Å². The topological polar surface area (TPSA) is 38.3 Å². The van der Waals surface area contributed by atoms with Gasteiger partial charge in [-0.25, -0.2) is 4.79 Å². The maximum Gasteiger partial charge on any atom is 0.408 e. The second-order valence-corrected chi connectivity index (χ2v) is 3.14. The Hall–Kier alpha value is -1.77. The Morgan fingerprint density at radius 3 is 2.71 bits per heavy atom. The first kappa shape index (κ1) is 8.81. The van der Waals surface area contributed by atoms with Crippen LogP contribution in [0.2, 0.25) is 0 Å². The van der Waals surface area contributed by atoms with Crippen LogP contribution >= 0.6 is 0 Å². The minimum absolute atomic E-state index is 0.110. The summed E-state index contributed by atoms with van der Waals surface area (Å²) >= 11 is 0. The molecule has 1 saturated heterocycles. The fourth-order valence-electron chi connectivity index (χ4n) is 1.55. The standard InChI is InChI=1S/C11H11NO2/c1-2-9-10(12-11(13)14-9)8-6-4-3-5-7-8/h2-7,9-10H,1H2,(H,12,13)/t9-,10+/m0/s1. The van der Waals surface area contributed by atoms with Crippen molar-refractivity contribution in [2.24, 2.45) is 0 Å². The minimum Gasteiger partial charge on any atom is -0.439 e. The molecule has 3 nitrogen and oxygen atoms in total. The van der Waals surface area contributed by atoms with Crippen molar-refractivity contribution in [3.05, 3.63) is 48.6 Å². The van der Waals surface area contributed by atoms with Gasteiger partial charge in [-0.3, -0.25) is 0 Å². The van der Waals surface area contributed by atoms with E-state index in [0.717, 1.165) is 5.56 Å². The van der Waals surface area contributed by atoms with Crippen LogP contribution in [0, 0.1) is 0 Å². The van der Waals surface area contributed by atoms with Gasteiger partial charge in [0.15, 0.2) is 0 Å². The van der Waals surface area contributed by atoms with Gasteiger partial charge in [0, 0.05) is 0 Å². The van der Waals surface area contributed by atoms with Crippen LogP contribution in [0.5, 0.6) is 0 Å². The van der Waals surface area contributed by atoms with Crippen molar-refractivity contribution in [1.82, 2.24) is 5.32 Å². The van der Waals surface area contributed by atoms with Gasteiger partial charge < -0.3 is 10.1 Å². The molecule has 0 radical (unpaired) electrons. The van der Waals surface area contributed by atoms with E-state index in [1.807, 2.05) is 30.3 Å². The molecule has 1 aliphatic rings. The number of ether oxygens (including phenoxy) is 1. The molecule has 1 heterocycles. The normalized spacial score (nSPS) is 25.3. The molecule has 1 fully saturated rings. The summed E-state index contributed by atoms with van der Waals surface area (Å²) in [5, 5.41) is 2.74. The van der Waals surface area contributed by atoms with Crippen LogP contribution in [0.3, 0.4) is 0 Å². The van der Waals surface area contributed by atoms with Gasteiger partial charge in [0.2, 0.25) is 0 Å². The maximum atomic E-state index is 11.0. The summed E-state index contributed by atoms with van der Waals surface area (Å²) in [5.74, 6) is 0. The van der Waals surface area contributed by atoms with E-state index < -0.39 is 0 Å². The van der Waals surface area contributed by atoms with Gasteiger partial charge in [0.1, 0.15) is 6.10 Å². The third-order valence-corrected chi connectivity index (χ3v) is 2.24. The van der Waals surface area contributed by atoms with E-state index >= 15 is 0 Å². The molecule has 14 heavy (non-hydrogen) atoms. The second kappa shape index (κ2) is 3.54. The molecule has 0 bridgehead atoms. The number of hydrogen-bond acceptors (Lipinski definition) is 2. The van der Waals surface area contributed by atoms with E-state index in [-0.39, 0.29) is 18.2 Å². The van der Waals surface area contributed by atoms with Crippen LogP contribution < -0.4 is 5.32 Å². The maximum absolute atomic E-state index is 11.0. The third-order valence-electron chi connectivity index (χ3n) is 2.24. The lowest BCUT2D eigenvalue weighted by Crippen LogP contribution is -2.21. The lowest BCUT2D eigenvalue weighted by Gasteiger charge is -2.12. The van der Waals surface area contributed by atoms with Crippen LogP contribution in [0.4, 0.5) is 4.79 Å². The summed E-state index contributed by atoms with van der Waals surface area (Å²) < 4.78 is 5.01. The molecule has 2 rings (SSSR count). The average molecular weight is 189 g/mol. The Bertz CT molecular complexity index is 348. The second-order valence-electron chi connectivity index (χ2n) is 3.14. The van der Waals surface area contributed by atoms with Gasteiger partial charge in [-0.05, 0) is 11.6 Å². The van der Waals surface area contributed by atoms with E-state index in [2.05, 4.69) is 11.9 Å². The predicted molar refractivity (Wildman–Crippen MR) is 52.8 cm³/mol. The van der Waals surface area contributed by atoms with Gasteiger partial charge in [0.25, 0.3) is 0 Å². The largest absolute Gasteiger partial charge is 0.439 e. The number of hydrogen-bond donors (Lipinski definition) is 1. The fourth-order valence-corrected chi connectivity index (χ4v) is 1.55. The summed E-state index contributed by atoms with van der Waals surface area (Å²) in [6.07, 6.45) is 0.976. The zero-order chi connectivity index (χ0) is 9.97. The highest BCUT2D eigenvalue weighted by molar-refractivity contribution is 5.71. The number of alkyl carbamates (subject to hydrolysis) is 1. The molecular formula is C11H11NO2. The van der Waals surface area contributed by atoms with Crippen LogP contribution in [0.1, 0.15) is 11.6 Å². The van der Waals surface area contributed by atoms with Gasteiger partial charge >= 0.3 is 6.09 Å². The number of nitrogens with one attached hydrogen (secondary N) is 1. The molecule has 2 atom stereocenters. The lowest BCUT2D eigenvalue weighted by molar-refractivity contribution is 0.153. The van der Waals surface area contributed by atoms with E-state index in [9.17, 15) is 4.79 Å². The monoisotopic (exact) mass is 189 g/mol. The molecular weight excluding hydrogens is 178 g/mol. The van der Waals surface area contributed by atoms with Crippen molar-refractivity contribution in [2.75, 3.05) is 0 Å². The highest BCUT2D eigenvalue weighted by atomic mass is 16.6. The van der Waals surface area contributed by atoms with E-state index in [4.69, 9.17) is 4.74 Å². The molecule has 1 aromatic carbocycles. The zero-order valence-electron chi connectivity index (χ0n) is 7.64. The van der Waals surface area contributed by atoms with Gasteiger partial charge in [-0.1, -0.05) is 36.9 Å². The van der Waals surface area contributed by atoms with Crippen molar-refractivity contribution >= 4 is 6.09 Å². The minimum atomic E-state index is -0.385. The molecule has 72 valence electrons. The predicted octanol–water partition coefficient (Wildman–Crippen LogP) is 2.02. The molecule has 0 aromatic heterocycles. The Balaban J connectivity index is 2.26. The van der Waals surface area contributed by atoms with Crippen LogP contribution in [-0.2, 0) is 4.74 Å². The molecule has 1 amide bonds. The molecule has 0 unspecified atom stereocenters. The molecule has 3 heteroatoms. The average Bonchev–Trinajstić information content (AvgIpc) is 2.61. The number of carbonyl (C=O) groups excluding carboxylic acids is 1. The molecule has 0 spiro atoms. The number of amides is 1. The van der Waals surface area contributed by atoms with E-state index in [1.54, 1.807) is 6.08 Å². The van der Waals surface area contributed by atoms with Gasteiger partial charge in [0.05, 0.1) is 6.04 Å². The van der Waals surface area contributed by atoms with Crippen molar-refractivity contribution in [1.29, 1.82) is 0 Å². The first-order chi connectivity index (χ1) is 6.81. The highest BCUT2D eigenvalue weighted by Crippen LogP contribution is 2.24. The molecule has 1 N–H and O–H groups in total. The first-order valence-electron chi connectivity index (χ1n) is 4.46. The summed E-state index contributed by atoms with van der Waals surface area (Å²) in [6.45, 7) is 3.64. The lowest BCUT2D eigenvalue weighted by atomic mass is 10.0. The van der Waals surface area contributed by atoms with Crippen molar-refractivity contribution in [3.63, 3.8) is 0 Å². The Morgan fingerprint density at radius 2 is 2.07 bits per heavy atom. The smallest absolute Gasteiger partial charge is 0.408 e. The van der Waals surface area contributed by atoms with Crippen molar-refractivity contribution in [3.8, 4) is 0 Å². The van der Waals surface area contributed by atoms with E-state index in [0.29, 0.717) is 0 Å². The van der Waals surface area contributed by atoms with Crippen LogP contribution in [0.15, 0.2) is 43.0 Å². The number of rotatable bonds is 2. The van der Waals surface area contributed by atoms with Gasteiger partial charge in [-0.15, -0.1) is 0 Å². The quantitative estimate of drug-likeness (QED) is 0.723. The Morgan fingerprint density at radius 1 is 1.36 bits per heavy atom. The summed E-state index contributed by atoms with van der Waals surface area (Å²) in [4.78, 5) is 11.0. The number of benzene rings is 1. The van der Waals surface area contributed by atoms with Gasteiger partial charge in [-0.2, -0.15) is 0 Å². The van der Waals surface area contributed by atoms with Crippen molar-refractivity contribution in [2.45, 2.75) is 12.1 Å².